The summed E-state index contributed by atoms with van der Waals surface area (Å²) < 4.78 is 10.6. The van der Waals surface area contributed by atoms with E-state index < -0.39 is 5.97 Å². The summed E-state index contributed by atoms with van der Waals surface area (Å²) in [5, 5.41) is 16.6. The quantitative estimate of drug-likeness (QED) is 0.898. The molecule has 6 heteroatoms. The van der Waals surface area contributed by atoms with Crippen LogP contribution in [0.4, 0.5) is 0 Å². The molecule has 0 aliphatic heterocycles. The van der Waals surface area contributed by atoms with Gasteiger partial charge in [0.15, 0.2) is 0 Å². The Kier molecular flexibility index (Phi) is 4.53. The number of aliphatic carboxylic acids is 1. The van der Waals surface area contributed by atoms with Gasteiger partial charge in [-0.3, -0.25) is 0 Å². The van der Waals surface area contributed by atoms with Crippen molar-refractivity contribution in [2.45, 2.75) is 57.5 Å². The first-order valence-corrected chi connectivity index (χ1v) is 7.84. The first kappa shape index (κ1) is 14.5. The number of hydrogen-bond acceptors (Lipinski definition) is 5. The summed E-state index contributed by atoms with van der Waals surface area (Å²) in [6.45, 7) is -0.275. The van der Waals surface area contributed by atoms with Gasteiger partial charge in [-0.05, 0) is 31.1 Å². The molecule has 0 bridgehead atoms. The zero-order chi connectivity index (χ0) is 14.7. The Hall–Kier alpha value is -1.43. The summed E-state index contributed by atoms with van der Waals surface area (Å²) in [6, 6.07) is 0. The van der Waals surface area contributed by atoms with Crippen molar-refractivity contribution >= 4 is 5.97 Å². The topological polar surface area (TPSA) is 85.5 Å². The molecule has 0 saturated heterocycles. The van der Waals surface area contributed by atoms with E-state index in [2.05, 4.69) is 10.2 Å². The molecule has 21 heavy (non-hydrogen) atoms. The highest BCUT2D eigenvalue weighted by atomic mass is 16.5. The first-order valence-electron chi connectivity index (χ1n) is 7.84. The van der Waals surface area contributed by atoms with Crippen LogP contribution < -0.4 is 0 Å². The van der Waals surface area contributed by atoms with E-state index in [0.717, 1.165) is 24.7 Å². The number of carboxylic acids is 1. The van der Waals surface area contributed by atoms with E-state index >= 15 is 0 Å². The normalized spacial score (nSPS) is 29.0. The molecule has 0 radical (unpaired) electrons. The second-order valence-electron chi connectivity index (χ2n) is 6.24. The Morgan fingerprint density at radius 1 is 1.19 bits per heavy atom. The highest BCUT2D eigenvalue weighted by Gasteiger charge is 2.34. The smallest absolute Gasteiger partial charge is 0.329 e. The highest BCUT2D eigenvalue weighted by molar-refractivity contribution is 5.67. The number of fused-ring (bicyclic) bond motifs is 1. The Bertz CT molecular complexity index is 488. The molecule has 1 heterocycles. The monoisotopic (exact) mass is 294 g/mol. The maximum absolute atomic E-state index is 10.4. The Labute approximate surface area is 123 Å². The summed E-state index contributed by atoms with van der Waals surface area (Å²) in [7, 11) is 0. The van der Waals surface area contributed by atoms with Gasteiger partial charge in [0.1, 0.15) is 13.2 Å². The van der Waals surface area contributed by atoms with E-state index in [9.17, 15) is 4.79 Å². The lowest BCUT2D eigenvalue weighted by Crippen LogP contribution is -2.26. The minimum absolute atomic E-state index is 0.0675. The van der Waals surface area contributed by atoms with Crippen molar-refractivity contribution in [1.82, 2.24) is 10.2 Å². The molecule has 2 saturated carbocycles. The van der Waals surface area contributed by atoms with Crippen molar-refractivity contribution < 1.29 is 19.1 Å². The third kappa shape index (κ3) is 3.61. The molecular weight excluding hydrogens is 272 g/mol. The second kappa shape index (κ2) is 6.56. The van der Waals surface area contributed by atoms with Gasteiger partial charge < -0.3 is 14.3 Å². The van der Waals surface area contributed by atoms with Crippen LogP contribution in [0.25, 0.3) is 0 Å². The van der Waals surface area contributed by atoms with E-state index in [-0.39, 0.29) is 13.2 Å². The number of carbonyl (C=O) groups is 1. The molecule has 3 rings (SSSR count). The van der Waals surface area contributed by atoms with Crippen molar-refractivity contribution in [3.05, 3.63) is 11.8 Å². The zero-order valence-corrected chi connectivity index (χ0v) is 12.2. The minimum Gasteiger partial charge on any atom is -0.480 e. The van der Waals surface area contributed by atoms with Crippen LogP contribution in [0.3, 0.4) is 0 Å². The van der Waals surface area contributed by atoms with Gasteiger partial charge in [0.05, 0.1) is 0 Å². The number of rotatable bonds is 5. The Morgan fingerprint density at radius 2 is 2.00 bits per heavy atom. The van der Waals surface area contributed by atoms with Gasteiger partial charge >= 0.3 is 5.97 Å². The van der Waals surface area contributed by atoms with Crippen LogP contribution in [-0.2, 0) is 16.1 Å². The number of ether oxygens (including phenoxy) is 1. The van der Waals surface area contributed by atoms with E-state index in [1.54, 1.807) is 0 Å². The number of aromatic nitrogens is 2. The van der Waals surface area contributed by atoms with Crippen LogP contribution in [0.5, 0.6) is 0 Å². The van der Waals surface area contributed by atoms with Crippen LogP contribution >= 0.6 is 0 Å². The predicted molar refractivity (Wildman–Crippen MR) is 73.6 cm³/mol. The lowest BCUT2D eigenvalue weighted by Gasteiger charge is -2.38. The van der Waals surface area contributed by atoms with Gasteiger partial charge in [-0.2, -0.15) is 0 Å². The van der Waals surface area contributed by atoms with Crippen molar-refractivity contribution in [1.29, 1.82) is 0 Å². The Balaban J connectivity index is 1.54. The molecule has 2 fully saturated rings. The molecule has 6 nitrogen and oxygen atoms in total. The number of nitrogens with zero attached hydrogens (tertiary/aromatic N) is 2. The third-order valence-corrected chi connectivity index (χ3v) is 4.82. The highest BCUT2D eigenvalue weighted by Crippen LogP contribution is 2.45. The lowest BCUT2D eigenvalue weighted by molar-refractivity contribution is -0.142. The van der Waals surface area contributed by atoms with Gasteiger partial charge in [0.25, 0.3) is 0 Å². The van der Waals surface area contributed by atoms with Crippen LogP contribution in [0, 0.1) is 11.8 Å². The predicted octanol–water partition coefficient (Wildman–Crippen LogP) is 2.74. The van der Waals surface area contributed by atoms with Gasteiger partial charge in [0, 0.05) is 5.92 Å². The average molecular weight is 294 g/mol. The van der Waals surface area contributed by atoms with Crippen LogP contribution in [0.15, 0.2) is 4.42 Å². The molecule has 2 aliphatic carbocycles. The van der Waals surface area contributed by atoms with Crippen molar-refractivity contribution in [3.8, 4) is 0 Å². The second-order valence-corrected chi connectivity index (χ2v) is 6.24. The maximum atomic E-state index is 10.4. The molecule has 0 aromatic carbocycles. The molecule has 0 amide bonds. The third-order valence-electron chi connectivity index (χ3n) is 4.82. The largest absolute Gasteiger partial charge is 0.480 e. The lowest BCUT2D eigenvalue weighted by atomic mass is 9.67. The molecular formula is C15H22N2O4. The number of hydrogen-bond donors (Lipinski definition) is 1. The van der Waals surface area contributed by atoms with Gasteiger partial charge in [0.2, 0.25) is 11.8 Å². The van der Waals surface area contributed by atoms with Crippen molar-refractivity contribution in [3.63, 3.8) is 0 Å². The molecule has 1 aromatic heterocycles. The standard InChI is InChI=1S/C15H22N2O4/c18-14(19)9-20-8-13-16-17-15(21-13)12-6-5-10-3-1-2-4-11(10)7-12/h10-12H,1-9H2,(H,18,19). The fraction of sp³-hybridized carbons (Fsp3) is 0.800. The van der Waals surface area contributed by atoms with Gasteiger partial charge in [-0.1, -0.05) is 25.7 Å². The molecule has 2 aliphatic rings. The SMILES string of the molecule is O=C(O)COCc1nnc(C2CCC3CCCCC3C2)o1. The van der Waals surface area contributed by atoms with E-state index in [0.29, 0.717) is 17.7 Å². The Morgan fingerprint density at radius 3 is 2.81 bits per heavy atom. The van der Waals surface area contributed by atoms with Crippen molar-refractivity contribution in [2.75, 3.05) is 6.61 Å². The molecule has 1 aromatic rings. The maximum Gasteiger partial charge on any atom is 0.329 e. The molecule has 3 atom stereocenters. The summed E-state index contributed by atoms with van der Waals surface area (Å²) >= 11 is 0. The van der Waals surface area contributed by atoms with Crippen molar-refractivity contribution in [2.24, 2.45) is 11.8 Å². The average Bonchev–Trinajstić information content (AvgIpc) is 2.95. The van der Waals surface area contributed by atoms with E-state index in [1.165, 1.54) is 32.1 Å². The van der Waals surface area contributed by atoms with Crippen LogP contribution in [0.2, 0.25) is 0 Å². The fourth-order valence-corrected chi connectivity index (χ4v) is 3.81. The van der Waals surface area contributed by atoms with Crippen LogP contribution in [-0.4, -0.2) is 27.9 Å². The fourth-order valence-electron chi connectivity index (χ4n) is 3.81. The van der Waals surface area contributed by atoms with E-state index in [4.69, 9.17) is 14.3 Å². The molecule has 3 unspecified atom stereocenters. The summed E-state index contributed by atoms with van der Waals surface area (Å²) in [4.78, 5) is 10.4. The molecule has 0 spiro atoms. The first-order chi connectivity index (χ1) is 10.2. The number of carboxylic acid groups (broad SMARTS) is 1. The molecule has 116 valence electrons. The van der Waals surface area contributed by atoms with Crippen LogP contribution in [0.1, 0.15) is 62.6 Å². The summed E-state index contributed by atoms with van der Waals surface area (Å²) in [5.41, 5.74) is 0. The van der Waals surface area contributed by atoms with Gasteiger partial charge in [-0.25, -0.2) is 4.79 Å². The summed E-state index contributed by atoms with van der Waals surface area (Å²) in [5.74, 6) is 2.16. The van der Waals surface area contributed by atoms with Gasteiger partial charge in [-0.15, -0.1) is 10.2 Å². The zero-order valence-electron chi connectivity index (χ0n) is 12.2. The minimum atomic E-state index is -0.995. The summed E-state index contributed by atoms with van der Waals surface area (Å²) in [6.07, 6.45) is 9.01. The van der Waals surface area contributed by atoms with E-state index in [1.807, 2.05) is 0 Å². The molecule has 1 N–H and O–H groups in total.